The number of rotatable bonds is 6. The van der Waals surface area contributed by atoms with Crippen molar-refractivity contribution in [3.63, 3.8) is 0 Å². The number of ether oxygens (including phenoxy) is 1. The lowest BCUT2D eigenvalue weighted by Gasteiger charge is -2.11. The molecule has 0 amide bonds. The monoisotopic (exact) mass is 334 g/mol. The predicted molar refractivity (Wildman–Crippen MR) is 60.5 cm³/mol. The zero-order valence-electron chi connectivity index (χ0n) is 10.9. The second kappa shape index (κ2) is 6.67. The van der Waals surface area contributed by atoms with Crippen molar-refractivity contribution in [1.82, 2.24) is 0 Å². The van der Waals surface area contributed by atoms with Crippen molar-refractivity contribution in [2.75, 3.05) is 13.7 Å². The molecule has 21 heavy (non-hydrogen) atoms. The number of halogens is 5. The van der Waals surface area contributed by atoms with Gasteiger partial charge in [0.15, 0.2) is 28.2 Å². The standard InChI is InChI=1S/C11H11F5O4S/c1-5(19-2)3-4-20-21(17,18)11-9(15)7(13)6(12)8(14)10(11)16/h5H,3-4H2,1-2H3. The van der Waals surface area contributed by atoms with Crippen LogP contribution in [0.2, 0.25) is 0 Å². The third-order valence-electron chi connectivity index (χ3n) is 2.58. The van der Waals surface area contributed by atoms with Gasteiger partial charge in [-0.05, 0) is 13.3 Å². The largest absolute Gasteiger partial charge is 0.382 e. The van der Waals surface area contributed by atoms with Gasteiger partial charge in [-0.25, -0.2) is 22.0 Å². The highest BCUT2D eigenvalue weighted by molar-refractivity contribution is 7.86. The summed E-state index contributed by atoms with van der Waals surface area (Å²) in [6.07, 6.45) is -0.387. The summed E-state index contributed by atoms with van der Waals surface area (Å²) in [5, 5.41) is 0. The van der Waals surface area contributed by atoms with Crippen LogP contribution < -0.4 is 0 Å². The molecule has 1 unspecified atom stereocenters. The van der Waals surface area contributed by atoms with Crippen LogP contribution in [0.3, 0.4) is 0 Å². The Bertz CT molecular complexity index is 603. The Labute approximate surface area is 117 Å². The first kappa shape index (κ1) is 17.8. The maximum Gasteiger partial charge on any atom is 0.303 e. The first-order valence-corrected chi connectivity index (χ1v) is 6.98. The Kier molecular flexibility index (Phi) is 5.65. The molecule has 0 saturated carbocycles. The normalized spacial score (nSPS) is 13.5. The van der Waals surface area contributed by atoms with Crippen molar-refractivity contribution < 1.29 is 39.3 Å². The summed E-state index contributed by atoms with van der Waals surface area (Å²) in [6.45, 7) is 1.02. The van der Waals surface area contributed by atoms with E-state index in [1.165, 1.54) is 7.11 Å². The fraction of sp³-hybridized carbons (Fsp3) is 0.455. The lowest BCUT2D eigenvalue weighted by molar-refractivity contribution is 0.0965. The van der Waals surface area contributed by atoms with Crippen LogP contribution in [0.25, 0.3) is 0 Å². The van der Waals surface area contributed by atoms with Gasteiger partial charge in [-0.1, -0.05) is 0 Å². The molecular formula is C11H11F5O4S. The molecule has 0 aliphatic rings. The van der Waals surface area contributed by atoms with Crippen molar-refractivity contribution in [2.45, 2.75) is 24.3 Å². The molecule has 0 N–H and O–H groups in total. The Morgan fingerprint density at radius 2 is 1.38 bits per heavy atom. The second-order valence-electron chi connectivity index (χ2n) is 4.01. The number of methoxy groups -OCH3 is 1. The van der Waals surface area contributed by atoms with Crippen LogP contribution in [0.5, 0.6) is 0 Å². The number of hydrogen-bond acceptors (Lipinski definition) is 4. The van der Waals surface area contributed by atoms with E-state index in [4.69, 9.17) is 4.74 Å². The molecule has 0 fully saturated rings. The van der Waals surface area contributed by atoms with Gasteiger partial charge in [0.25, 0.3) is 0 Å². The van der Waals surface area contributed by atoms with E-state index in [9.17, 15) is 30.4 Å². The summed E-state index contributed by atoms with van der Waals surface area (Å²) < 4.78 is 97.5. The highest BCUT2D eigenvalue weighted by Gasteiger charge is 2.34. The van der Waals surface area contributed by atoms with Crippen LogP contribution in [-0.4, -0.2) is 28.2 Å². The van der Waals surface area contributed by atoms with Crippen LogP contribution in [0.1, 0.15) is 13.3 Å². The SMILES string of the molecule is COC(C)CCOS(=O)(=O)c1c(F)c(F)c(F)c(F)c1F. The summed E-state index contributed by atoms with van der Waals surface area (Å²) in [5.41, 5.74) is 0. The summed E-state index contributed by atoms with van der Waals surface area (Å²) in [4.78, 5) is -2.01. The van der Waals surface area contributed by atoms with E-state index in [0.29, 0.717) is 0 Å². The number of benzene rings is 1. The van der Waals surface area contributed by atoms with E-state index >= 15 is 0 Å². The van der Waals surface area contributed by atoms with Crippen molar-refractivity contribution in [3.8, 4) is 0 Å². The van der Waals surface area contributed by atoms with Gasteiger partial charge in [-0.2, -0.15) is 8.42 Å². The minimum atomic E-state index is -5.14. The molecular weight excluding hydrogens is 323 g/mol. The molecule has 120 valence electrons. The molecule has 0 aliphatic heterocycles. The third kappa shape index (κ3) is 3.69. The van der Waals surface area contributed by atoms with E-state index in [2.05, 4.69) is 4.18 Å². The van der Waals surface area contributed by atoms with E-state index in [1.54, 1.807) is 6.92 Å². The fourth-order valence-corrected chi connectivity index (χ4v) is 2.36. The molecule has 1 aromatic carbocycles. The molecule has 0 aliphatic carbocycles. The molecule has 0 radical (unpaired) electrons. The van der Waals surface area contributed by atoms with Gasteiger partial charge in [0, 0.05) is 7.11 Å². The average molecular weight is 334 g/mol. The van der Waals surface area contributed by atoms with Gasteiger partial charge in [-0.3, -0.25) is 4.18 Å². The molecule has 0 bridgehead atoms. The lowest BCUT2D eigenvalue weighted by atomic mass is 10.3. The maximum absolute atomic E-state index is 13.3. The Balaban J connectivity index is 3.15. The average Bonchev–Trinajstić information content (AvgIpc) is 2.42. The van der Waals surface area contributed by atoms with Crippen molar-refractivity contribution in [1.29, 1.82) is 0 Å². The summed E-state index contributed by atoms with van der Waals surface area (Å²) in [5.74, 6) is -12.1. The van der Waals surface area contributed by atoms with Crippen molar-refractivity contribution in [3.05, 3.63) is 29.1 Å². The third-order valence-corrected chi connectivity index (χ3v) is 3.92. The first-order valence-electron chi connectivity index (χ1n) is 5.57. The van der Waals surface area contributed by atoms with E-state index in [-0.39, 0.29) is 6.42 Å². The molecule has 0 heterocycles. The van der Waals surface area contributed by atoms with E-state index in [1.807, 2.05) is 0 Å². The predicted octanol–water partition coefficient (Wildman–Crippen LogP) is 2.51. The van der Waals surface area contributed by atoms with Crippen LogP contribution in [0.15, 0.2) is 4.90 Å². The maximum atomic E-state index is 13.3. The summed E-state index contributed by atoms with van der Waals surface area (Å²) in [7, 11) is -3.80. The summed E-state index contributed by atoms with van der Waals surface area (Å²) in [6, 6.07) is 0. The quantitative estimate of drug-likeness (QED) is 0.347. The highest BCUT2D eigenvalue weighted by atomic mass is 32.2. The van der Waals surface area contributed by atoms with Gasteiger partial charge >= 0.3 is 10.1 Å². The van der Waals surface area contributed by atoms with Gasteiger partial charge in [0.05, 0.1) is 12.7 Å². The minimum Gasteiger partial charge on any atom is -0.382 e. The second-order valence-corrected chi connectivity index (χ2v) is 5.56. The van der Waals surface area contributed by atoms with Gasteiger partial charge < -0.3 is 4.74 Å². The Morgan fingerprint density at radius 3 is 1.81 bits per heavy atom. The van der Waals surface area contributed by atoms with Crippen molar-refractivity contribution >= 4 is 10.1 Å². The van der Waals surface area contributed by atoms with Crippen molar-refractivity contribution in [2.24, 2.45) is 0 Å². The Hall–Kier alpha value is -1.26. The van der Waals surface area contributed by atoms with Gasteiger partial charge in [0.2, 0.25) is 5.82 Å². The van der Waals surface area contributed by atoms with Crippen LogP contribution in [0, 0.1) is 29.1 Å². The Morgan fingerprint density at radius 1 is 0.952 bits per heavy atom. The fourth-order valence-electron chi connectivity index (χ4n) is 1.30. The van der Waals surface area contributed by atoms with E-state index in [0.717, 1.165) is 0 Å². The summed E-state index contributed by atoms with van der Waals surface area (Å²) >= 11 is 0. The number of hydrogen-bond donors (Lipinski definition) is 0. The van der Waals surface area contributed by atoms with Gasteiger partial charge in [-0.15, -0.1) is 0 Å². The minimum absolute atomic E-state index is 0.0329. The molecule has 0 spiro atoms. The smallest absolute Gasteiger partial charge is 0.303 e. The van der Waals surface area contributed by atoms with Crippen LogP contribution >= 0.6 is 0 Å². The molecule has 1 aromatic rings. The molecule has 10 heteroatoms. The molecule has 1 atom stereocenters. The highest BCUT2D eigenvalue weighted by Crippen LogP contribution is 2.27. The van der Waals surface area contributed by atoms with Crippen LogP contribution in [0.4, 0.5) is 22.0 Å². The molecule has 4 nitrogen and oxygen atoms in total. The van der Waals surface area contributed by atoms with E-state index < -0.39 is 56.8 Å². The zero-order chi connectivity index (χ0) is 16.4. The molecule has 1 rings (SSSR count). The van der Waals surface area contributed by atoms with Crippen LogP contribution in [-0.2, 0) is 19.0 Å². The van der Waals surface area contributed by atoms with Gasteiger partial charge in [0.1, 0.15) is 0 Å². The zero-order valence-corrected chi connectivity index (χ0v) is 11.7. The first-order chi connectivity index (χ1) is 9.63. The topological polar surface area (TPSA) is 52.6 Å². The molecule has 0 aromatic heterocycles. The lowest BCUT2D eigenvalue weighted by Crippen LogP contribution is -2.17. The molecule has 0 saturated heterocycles.